The molecule has 0 N–H and O–H groups in total. The molecule has 3 rings (SSSR count). The lowest BCUT2D eigenvalue weighted by molar-refractivity contribution is 0.0383. The molecule has 0 unspecified atom stereocenters. The predicted octanol–water partition coefficient (Wildman–Crippen LogP) is 3.72. The Kier molecular flexibility index (Phi) is 5.72. The van der Waals surface area contributed by atoms with Gasteiger partial charge in [-0.3, -0.25) is 9.36 Å². The van der Waals surface area contributed by atoms with Crippen LogP contribution >= 0.6 is 11.3 Å². The van der Waals surface area contributed by atoms with Crippen LogP contribution in [0.25, 0.3) is 10.2 Å². The summed E-state index contributed by atoms with van der Waals surface area (Å²) < 4.78 is 7.25. The Balaban J connectivity index is 2.16. The third-order valence-electron chi connectivity index (χ3n) is 5.12. The predicted molar refractivity (Wildman–Crippen MR) is 109 cm³/mol. The van der Waals surface area contributed by atoms with Crippen LogP contribution < -0.4 is 5.56 Å². The summed E-state index contributed by atoms with van der Waals surface area (Å²) in [5.41, 5.74) is 0.672. The van der Waals surface area contributed by atoms with Gasteiger partial charge in [0.2, 0.25) is 0 Å². The molecule has 0 amide bonds. The first-order valence-corrected chi connectivity index (χ1v) is 10.5. The topological polar surface area (TPSA) is 64.4 Å². The van der Waals surface area contributed by atoms with Crippen LogP contribution in [0.1, 0.15) is 73.6 Å². The standard InChI is InChI=1S/C20H29N3O3S/c1-11(2)17-21-18-15(13(5)16(27-18)20(25)26-12(3)4)19(24)23(17)14-7-9-22(6)10-8-14/h11-12,14H,7-10H2,1-6H3. The summed E-state index contributed by atoms with van der Waals surface area (Å²) in [6, 6.07) is 0.161. The summed E-state index contributed by atoms with van der Waals surface area (Å²) >= 11 is 1.27. The van der Waals surface area contributed by atoms with Gasteiger partial charge in [-0.1, -0.05) is 13.8 Å². The highest BCUT2D eigenvalue weighted by Gasteiger charge is 2.28. The maximum atomic E-state index is 13.5. The van der Waals surface area contributed by atoms with Gasteiger partial charge in [0.05, 0.1) is 11.5 Å². The van der Waals surface area contributed by atoms with E-state index in [-0.39, 0.29) is 29.6 Å². The lowest BCUT2D eigenvalue weighted by Crippen LogP contribution is -2.37. The first-order valence-electron chi connectivity index (χ1n) is 9.65. The number of aryl methyl sites for hydroxylation is 1. The van der Waals surface area contributed by atoms with Crippen molar-refractivity contribution in [2.75, 3.05) is 20.1 Å². The monoisotopic (exact) mass is 391 g/mol. The molecule has 1 saturated heterocycles. The van der Waals surface area contributed by atoms with Crippen LogP contribution in [-0.4, -0.2) is 46.7 Å². The molecule has 7 heteroatoms. The minimum absolute atomic E-state index is 0.0180. The number of carbonyl (C=O) groups excluding carboxylic acids is 1. The number of hydrogen-bond acceptors (Lipinski definition) is 6. The van der Waals surface area contributed by atoms with Gasteiger partial charge >= 0.3 is 5.97 Å². The van der Waals surface area contributed by atoms with E-state index in [1.807, 2.05) is 25.3 Å². The van der Waals surface area contributed by atoms with Crippen molar-refractivity contribution in [3.8, 4) is 0 Å². The van der Waals surface area contributed by atoms with Crippen LogP contribution in [0.3, 0.4) is 0 Å². The van der Waals surface area contributed by atoms with Crippen molar-refractivity contribution in [2.45, 2.75) is 65.5 Å². The zero-order chi connectivity index (χ0) is 19.9. The van der Waals surface area contributed by atoms with Gasteiger partial charge in [0.1, 0.15) is 15.5 Å². The molecule has 0 saturated carbocycles. The molecule has 0 atom stereocenters. The molecule has 0 radical (unpaired) electrons. The van der Waals surface area contributed by atoms with E-state index in [1.54, 1.807) is 0 Å². The highest BCUT2D eigenvalue weighted by atomic mass is 32.1. The van der Waals surface area contributed by atoms with E-state index in [2.05, 4.69) is 25.8 Å². The molecule has 1 aliphatic rings. The lowest BCUT2D eigenvalue weighted by Gasteiger charge is -2.32. The minimum Gasteiger partial charge on any atom is -0.459 e. The molecule has 148 valence electrons. The summed E-state index contributed by atoms with van der Waals surface area (Å²) in [5, 5.41) is 0.569. The van der Waals surface area contributed by atoms with Crippen LogP contribution in [0.2, 0.25) is 0 Å². The molecule has 1 aliphatic heterocycles. The maximum Gasteiger partial charge on any atom is 0.348 e. The number of rotatable bonds is 4. The average molecular weight is 392 g/mol. The van der Waals surface area contributed by atoms with E-state index in [0.29, 0.717) is 20.7 Å². The molecular formula is C20H29N3O3S. The second-order valence-corrected chi connectivity index (χ2v) is 9.02. The summed E-state index contributed by atoms with van der Waals surface area (Å²) in [6.07, 6.45) is 1.68. The van der Waals surface area contributed by atoms with Gasteiger partial charge in [-0.25, -0.2) is 9.78 Å². The quantitative estimate of drug-likeness (QED) is 0.743. The van der Waals surface area contributed by atoms with Crippen molar-refractivity contribution in [1.82, 2.24) is 14.5 Å². The van der Waals surface area contributed by atoms with E-state index in [0.717, 1.165) is 31.8 Å². The number of fused-ring (bicyclic) bond motifs is 1. The first-order chi connectivity index (χ1) is 12.7. The maximum absolute atomic E-state index is 13.5. The van der Waals surface area contributed by atoms with E-state index in [9.17, 15) is 9.59 Å². The lowest BCUT2D eigenvalue weighted by atomic mass is 10.0. The summed E-state index contributed by atoms with van der Waals surface area (Å²) in [7, 11) is 2.11. The van der Waals surface area contributed by atoms with Crippen molar-refractivity contribution in [2.24, 2.45) is 0 Å². The van der Waals surface area contributed by atoms with Crippen LogP contribution in [0.5, 0.6) is 0 Å². The molecular weight excluding hydrogens is 362 g/mol. The van der Waals surface area contributed by atoms with E-state index < -0.39 is 0 Å². The average Bonchev–Trinajstić information content (AvgIpc) is 2.92. The van der Waals surface area contributed by atoms with Crippen molar-refractivity contribution in [3.05, 3.63) is 26.6 Å². The molecule has 1 fully saturated rings. The molecule has 0 aliphatic carbocycles. The molecule has 2 aromatic heterocycles. The van der Waals surface area contributed by atoms with Gasteiger partial charge in [0.15, 0.2) is 0 Å². The number of likely N-dealkylation sites (tertiary alicyclic amines) is 1. The van der Waals surface area contributed by atoms with Crippen LogP contribution in [0.15, 0.2) is 4.79 Å². The normalized spacial score (nSPS) is 16.6. The molecule has 27 heavy (non-hydrogen) atoms. The van der Waals surface area contributed by atoms with Crippen LogP contribution in [0, 0.1) is 6.92 Å². The Hall–Kier alpha value is -1.73. The first kappa shape index (κ1) is 20.0. The number of hydrogen-bond donors (Lipinski definition) is 0. The van der Waals surface area contributed by atoms with Gasteiger partial charge < -0.3 is 9.64 Å². The summed E-state index contributed by atoms with van der Waals surface area (Å²) in [5.74, 6) is 0.573. The summed E-state index contributed by atoms with van der Waals surface area (Å²) in [6.45, 7) is 11.5. The second kappa shape index (κ2) is 7.72. The number of ether oxygens (including phenoxy) is 1. The highest BCUT2D eigenvalue weighted by Crippen LogP contribution is 2.31. The fraction of sp³-hybridized carbons (Fsp3) is 0.650. The molecule has 0 bridgehead atoms. The van der Waals surface area contributed by atoms with Gasteiger partial charge in [-0.15, -0.1) is 11.3 Å². The summed E-state index contributed by atoms with van der Waals surface area (Å²) in [4.78, 5) is 34.2. The van der Waals surface area contributed by atoms with Crippen molar-refractivity contribution < 1.29 is 9.53 Å². The Bertz CT molecular complexity index is 905. The van der Waals surface area contributed by atoms with Crippen molar-refractivity contribution >= 4 is 27.5 Å². The van der Waals surface area contributed by atoms with Gasteiger partial charge in [-0.05, 0) is 59.3 Å². The van der Waals surface area contributed by atoms with Crippen LogP contribution in [-0.2, 0) is 4.74 Å². The molecule has 0 aromatic carbocycles. The smallest absolute Gasteiger partial charge is 0.348 e. The molecule has 2 aromatic rings. The Morgan fingerprint density at radius 2 is 1.85 bits per heavy atom. The third kappa shape index (κ3) is 3.80. The number of carbonyl (C=O) groups is 1. The number of piperidine rings is 1. The number of nitrogens with zero attached hydrogens (tertiary/aromatic N) is 3. The highest BCUT2D eigenvalue weighted by molar-refractivity contribution is 7.20. The van der Waals surface area contributed by atoms with Gasteiger partial charge in [0.25, 0.3) is 5.56 Å². The third-order valence-corrected chi connectivity index (χ3v) is 6.29. The second-order valence-electron chi connectivity index (χ2n) is 8.02. The number of thiophene rings is 1. The number of aromatic nitrogens is 2. The fourth-order valence-corrected chi connectivity index (χ4v) is 4.75. The molecule has 3 heterocycles. The van der Waals surface area contributed by atoms with E-state index in [1.165, 1.54) is 11.3 Å². The number of esters is 1. The van der Waals surface area contributed by atoms with Crippen LogP contribution in [0.4, 0.5) is 0 Å². The zero-order valence-corrected chi connectivity index (χ0v) is 17.9. The largest absolute Gasteiger partial charge is 0.459 e. The van der Waals surface area contributed by atoms with E-state index >= 15 is 0 Å². The molecule has 6 nitrogen and oxygen atoms in total. The minimum atomic E-state index is -0.373. The molecule has 0 spiro atoms. The van der Waals surface area contributed by atoms with Gasteiger partial charge in [-0.2, -0.15) is 0 Å². The van der Waals surface area contributed by atoms with Crippen molar-refractivity contribution in [1.29, 1.82) is 0 Å². The Morgan fingerprint density at radius 1 is 1.22 bits per heavy atom. The Labute approximate surface area is 164 Å². The van der Waals surface area contributed by atoms with E-state index in [4.69, 9.17) is 9.72 Å². The Morgan fingerprint density at radius 3 is 2.41 bits per heavy atom. The van der Waals surface area contributed by atoms with Gasteiger partial charge in [0, 0.05) is 12.0 Å². The van der Waals surface area contributed by atoms with Crippen molar-refractivity contribution in [3.63, 3.8) is 0 Å². The zero-order valence-electron chi connectivity index (χ0n) is 17.0. The SMILES string of the molecule is Cc1c(C(=O)OC(C)C)sc2nc(C(C)C)n(C3CCN(C)CC3)c(=O)c12. The fourth-order valence-electron chi connectivity index (χ4n) is 3.69.